The first kappa shape index (κ1) is 14.0. The van der Waals surface area contributed by atoms with Gasteiger partial charge < -0.3 is 11.1 Å². The first-order valence-corrected chi connectivity index (χ1v) is 6.59. The number of hydrogen-bond acceptors (Lipinski definition) is 4. The Hall–Kier alpha value is -1.39. The summed E-state index contributed by atoms with van der Waals surface area (Å²) in [5.74, 6) is 1.64. The number of nitrogens with one attached hydrogen (secondary N) is 1. The maximum absolute atomic E-state index is 5.67. The highest BCUT2D eigenvalue weighted by atomic mass is 35.5. The van der Waals surface area contributed by atoms with Gasteiger partial charge in [0.15, 0.2) is 0 Å². The van der Waals surface area contributed by atoms with E-state index < -0.39 is 0 Å². The number of fused-ring (bicyclic) bond motifs is 1. The lowest BCUT2D eigenvalue weighted by atomic mass is 10.2. The molecule has 4 nitrogen and oxygen atoms in total. The average Bonchev–Trinajstić information content (AvgIpc) is 2.91. The Morgan fingerprint density at radius 3 is 2.63 bits per heavy atom. The molecule has 0 bridgehead atoms. The Morgan fingerprint density at radius 2 is 1.89 bits per heavy atom. The highest BCUT2D eigenvalue weighted by molar-refractivity contribution is 5.89. The fourth-order valence-corrected chi connectivity index (χ4v) is 2.59. The van der Waals surface area contributed by atoms with E-state index in [1.807, 2.05) is 18.2 Å². The number of halogens is 1. The zero-order valence-corrected chi connectivity index (χ0v) is 11.6. The molecule has 0 spiro atoms. The standard InChI is InChI=1S/C14H18N4.ClH/c15-9-13-17-12-8-4-3-7-11(12)14(18-13)16-10-5-1-2-6-10;/h3-4,7-8,10H,1-2,5-6,9,15H2,(H,16,17,18);1H. The largest absolute Gasteiger partial charge is 0.367 e. The Bertz CT molecular complexity index is 552. The minimum Gasteiger partial charge on any atom is -0.367 e. The van der Waals surface area contributed by atoms with Gasteiger partial charge in [-0.2, -0.15) is 0 Å². The number of anilines is 1. The summed E-state index contributed by atoms with van der Waals surface area (Å²) < 4.78 is 0. The Morgan fingerprint density at radius 1 is 1.16 bits per heavy atom. The molecular formula is C14H19ClN4. The number of benzene rings is 1. The quantitative estimate of drug-likeness (QED) is 0.906. The van der Waals surface area contributed by atoms with Crippen molar-refractivity contribution in [1.29, 1.82) is 0 Å². The smallest absolute Gasteiger partial charge is 0.144 e. The molecule has 19 heavy (non-hydrogen) atoms. The van der Waals surface area contributed by atoms with Crippen LogP contribution in [0.1, 0.15) is 31.5 Å². The van der Waals surface area contributed by atoms with Gasteiger partial charge in [-0.15, -0.1) is 12.4 Å². The van der Waals surface area contributed by atoms with E-state index in [0.29, 0.717) is 18.4 Å². The van der Waals surface area contributed by atoms with Crippen molar-refractivity contribution in [2.45, 2.75) is 38.3 Å². The lowest BCUT2D eigenvalue weighted by molar-refractivity contribution is 0.749. The van der Waals surface area contributed by atoms with Crippen LogP contribution in [-0.4, -0.2) is 16.0 Å². The highest BCUT2D eigenvalue weighted by Gasteiger charge is 2.16. The van der Waals surface area contributed by atoms with Crippen LogP contribution in [0.4, 0.5) is 5.82 Å². The average molecular weight is 279 g/mol. The highest BCUT2D eigenvalue weighted by Crippen LogP contribution is 2.25. The van der Waals surface area contributed by atoms with Crippen LogP contribution in [0.2, 0.25) is 0 Å². The van der Waals surface area contributed by atoms with Gasteiger partial charge >= 0.3 is 0 Å². The molecule has 1 aromatic carbocycles. The minimum atomic E-state index is 0. The van der Waals surface area contributed by atoms with E-state index in [4.69, 9.17) is 5.73 Å². The molecule has 1 fully saturated rings. The van der Waals surface area contributed by atoms with Crippen LogP contribution in [0.3, 0.4) is 0 Å². The van der Waals surface area contributed by atoms with Crippen LogP contribution >= 0.6 is 12.4 Å². The fraction of sp³-hybridized carbons (Fsp3) is 0.429. The summed E-state index contributed by atoms with van der Waals surface area (Å²) in [6, 6.07) is 8.64. The van der Waals surface area contributed by atoms with Crippen molar-refractivity contribution in [2.24, 2.45) is 5.73 Å². The molecule has 0 atom stereocenters. The Balaban J connectivity index is 0.00000133. The molecule has 0 saturated heterocycles. The second-order valence-electron chi connectivity index (χ2n) is 4.84. The molecule has 1 heterocycles. The summed E-state index contributed by atoms with van der Waals surface area (Å²) in [6.45, 7) is 0.379. The van der Waals surface area contributed by atoms with Gasteiger partial charge in [0, 0.05) is 11.4 Å². The van der Waals surface area contributed by atoms with Gasteiger partial charge in [-0.1, -0.05) is 25.0 Å². The molecule has 0 radical (unpaired) electrons. The molecule has 0 aliphatic heterocycles. The van der Waals surface area contributed by atoms with Crippen LogP contribution in [-0.2, 0) is 6.54 Å². The third kappa shape index (κ3) is 2.96. The molecular weight excluding hydrogens is 260 g/mol. The van der Waals surface area contributed by atoms with Crippen LogP contribution < -0.4 is 11.1 Å². The molecule has 0 amide bonds. The molecule has 1 saturated carbocycles. The molecule has 0 unspecified atom stereocenters. The van der Waals surface area contributed by atoms with Gasteiger partial charge in [0.25, 0.3) is 0 Å². The van der Waals surface area contributed by atoms with Gasteiger partial charge in [0.1, 0.15) is 11.6 Å². The van der Waals surface area contributed by atoms with E-state index >= 15 is 0 Å². The third-order valence-corrected chi connectivity index (χ3v) is 3.53. The Labute approximate surface area is 119 Å². The van der Waals surface area contributed by atoms with Gasteiger partial charge in [-0.25, -0.2) is 9.97 Å². The lowest BCUT2D eigenvalue weighted by Gasteiger charge is -2.15. The van der Waals surface area contributed by atoms with Crippen molar-refractivity contribution in [3.8, 4) is 0 Å². The van der Waals surface area contributed by atoms with E-state index in [1.165, 1.54) is 25.7 Å². The molecule has 102 valence electrons. The molecule has 1 aliphatic carbocycles. The molecule has 2 aromatic rings. The zero-order chi connectivity index (χ0) is 12.4. The third-order valence-electron chi connectivity index (χ3n) is 3.53. The van der Waals surface area contributed by atoms with E-state index in [1.54, 1.807) is 0 Å². The molecule has 5 heteroatoms. The summed E-state index contributed by atoms with van der Waals surface area (Å²) >= 11 is 0. The van der Waals surface area contributed by atoms with E-state index in [9.17, 15) is 0 Å². The molecule has 3 N–H and O–H groups in total. The van der Waals surface area contributed by atoms with Crippen molar-refractivity contribution in [3.05, 3.63) is 30.1 Å². The van der Waals surface area contributed by atoms with Crippen molar-refractivity contribution in [2.75, 3.05) is 5.32 Å². The number of hydrogen-bond donors (Lipinski definition) is 2. The minimum absolute atomic E-state index is 0. The van der Waals surface area contributed by atoms with E-state index in [0.717, 1.165) is 16.7 Å². The number of aromatic nitrogens is 2. The van der Waals surface area contributed by atoms with Crippen molar-refractivity contribution in [1.82, 2.24) is 9.97 Å². The van der Waals surface area contributed by atoms with Crippen molar-refractivity contribution >= 4 is 29.1 Å². The summed E-state index contributed by atoms with van der Waals surface area (Å²) in [6.07, 6.45) is 5.08. The maximum Gasteiger partial charge on any atom is 0.144 e. The summed E-state index contributed by atoms with van der Waals surface area (Å²) in [5, 5.41) is 4.64. The van der Waals surface area contributed by atoms with Crippen molar-refractivity contribution < 1.29 is 0 Å². The molecule has 3 rings (SSSR count). The summed E-state index contributed by atoms with van der Waals surface area (Å²) in [5.41, 5.74) is 6.63. The first-order valence-electron chi connectivity index (χ1n) is 6.59. The predicted octanol–water partition coefficient (Wildman–Crippen LogP) is 2.86. The second-order valence-corrected chi connectivity index (χ2v) is 4.84. The molecule has 1 aliphatic rings. The molecule has 1 aromatic heterocycles. The van der Waals surface area contributed by atoms with Gasteiger partial charge in [-0.3, -0.25) is 0 Å². The summed E-state index contributed by atoms with van der Waals surface area (Å²) in [7, 11) is 0. The predicted molar refractivity (Wildman–Crippen MR) is 80.6 cm³/mol. The van der Waals surface area contributed by atoms with Gasteiger partial charge in [0.05, 0.1) is 12.1 Å². The van der Waals surface area contributed by atoms with Crippen LogP contribution in [0, 0.1) is 0 Å². The number of rotatable bonds is 3. The van der Waals surface area contributed by atoms with E-state index in [2.05, 4.69) is 21.4 Å². The first-order chi connectivity index (χ1) is 8.86. The summed E-state index contributed by atoms with van der Waals surface area (Å²) in [4.78, 5) is 8.99. The number of para-hydroxylation sites is 1. The van der Waals surface area contributed by atoms with Crippen LogP contribution in [0.25, 0.3) is 10.9 Å². The SMILES string of the molecule is Cl.NCc1nc(NC2CCCC2)c2ccccc2n1. The monoisotopic (exact) mass is 278 g/mol. The van der Waals surface area contributed by atoms with Gasteiger partial charge in [-0.05, 0) is 25.0 Å². The normalized spacial score (nSPS) is 15.4. The number of nitrogens with two attached hydrogens (primary N) is 1. The topological polar surface area (TPSA) is 63.8 Å². The van der Waals surface area contributed by atoms with Gasteiger partial charge in [0.2, 0.25) is 0 Å². The Kier molecular flexibility index (Phi) is 4.56. The zero-order valence-electron chi connectivity index (χ0n) is 10.8. The van der Waals surface area contributed by atoms with Crippen molar-refractivity contribution in [3.63, 3.8) is 0 Å². The number of nitrogens with zero attached hydrogens (tertiary/aromatic N) is 2. The maximum atomic E-state index is 5.67. The van der Waals surface area contributed by atoms with Crippen LogP contribution in [0.5, 0.6) is 0 Å². The second kappa shape index (κ2) is 6.17. The van der Waals surface area contributed by atoms with E-state index in [-0.39, 0.29) is 12.4 Å². The van der Waals surface area contributed by atoms with Crippen LogP contribution in [0.15, 0.2) is 24.3 Å². The lowest BCUT2D eigenvalue weighted by Crippen LogP contribution is -2.17. The fourth-order valence-electron chi connectivity index (χ4n) is 2.59.